The Bertz CT molecular complexity index is 707. The molecule has 1 saturated heterocycles. The predicted octanol–water partition coefficient (Wildman–Crippen LogP) is 0.962. The minimum atomic E-state index is -3.77. The zero-order valence-corrected chi connectivity index (χ0v) is 14.3. The van der Waals surface area contributed by atoms with Gasteiger partial charge in [-0.1, -0.05) is 11.6 Å². The van der Waals surface area contributed by atoms with E-state index in [2.05, 4.69) is 0 Å². The number of aliphatic hydroxyl groups excluding tert-OH is 1. The molecule has 1 aromatic rings. The number of amides is 1. The van der Waals surface area contributed by atoms with Gasteiger partial charge in [0, 0.05) is 13.2 Å². The smallest absolute Gasteiger partial charge is 0.269 e. The van der Waals surface area contributed by atoms with Crippen molar-refractivity contribution < 1.29 is 27.4 Å². The molecule has 3 N–H and O–H groups in total. The van der Waals surface area contributed by atoms with Crippen molar-refractivity contribution in [3.05, 3.63) is 34.1 Å². The van der Waals surface area contributed by atoms with Gasteiger partial charge < -0.3 is 9.84 Å². The average molecular weight is 381 g/mol. The van der Waals surface area contributed by atoms with Gasteiger partial charge >= 0.3 is 0 Å². The molecule has 1 aliphatic heterocycles. The number of benzene rings is 1. The SMILES string of the molecule is O=C(NNS(=O)(=O)CC1CCOCC1)c1cc(CO)cc(Cl)c1F. The third-order valence-electron chi connectivity index (χ3n) is 3.63. The third kappa shape index (κ3) is 5.12. The van der Waals surface area contributed by atoms with Crippen LogP contribution in [0.5, 0.6) is 0 Å². The molecule has 1 aliphatic rings. The molecule has 134 valence electrons. The van der Waals surface area contributed by atoms with Crippen LogP contribution in [0, 0.1) is 11.7 Å². The number of rotatable bonds is 6. The molecule has 0 atom stereocenters. The van der Waals surface area contributed by atoms with E-state index in [9.17, 15) is 17.6 Å². The topological polar surface area (TPSA) is 105 Å². The predicted molar refractivity (Wildman–Crippen MR) is 85.3 cm³/mol. The van der Waals surface area contributed by atoms with Crippen LogP contribution in [-0.4, -0.2) is 38.4 Å². The first-order valence-electron chi connectivity index (χ1n) is 7.28. The van der Waals surface area contributed by atoms with E-state index >= 15 is 0 Å². The van der Waals surface area contributed by atoms with Crippen LogP contribution in [0.2, 0.25) is 5.02 Å². The van der Waals surface area contributed by atoms with Gasteiger partial charge in [0.05, 0.1) is 22.9 Å². The Labute approximate surface area is 144 Å². The monoisotopic (exact) mass is 380 g/mol. The number of sulfonamides is 1. The van der Waals surface area contributed by atoms with Crippen LogP contribution in [0.25, 0.3) is 0 Å². The summed E-state index contributed by atoms with van der Waals surface area (Å²) in [6.45, 7) is 0.574. The summed E-state index contributed by atoms with van der Waals surface area (Å²) in [7, 11) is -3.77. The number of nitrogens with one attached hydrogen (secondary N) is 2. The molecule has 0 unspecified atom stereocenters. The molecule has 1 aromatic carbocycles. The van der Waals surface area contributed by atoms with E-state index in [-0.39, 0.29) is 22.3 Å². The van der Waals surface area contributed by atoms with Crippen molar-refractivity contribution in [1.82, 2.24) is 10.3 Å². The Morgan fingerprint density at radius 1 is 1.38 bits per heavy atom. The van der Waals surface area contributed by atoms with Crippen molar-refractivity contribution in [3.63, 3.8) is 0 Å². The summed E-state index contributed by atoms with van der Waals surface area (Å²) in [5.74, 6) is -2.20. The van der Waals surface area contributed by atoms with Crippen LogP contribution in [0.1, 0.15) is 28.8 Å². The molecular formula is C14H18ClFN2O5S. The van der Waals surface area contributed by atoms with Crippen molar-refractivity contribution in [2.75, 3.05) is 19.0 Å². The highest BCUT2D eigenvalue weighted by atomic mass is 35.5. The van der Waals surface area contributed by atoms with Crippen LogP contribution in [0.3, 0.4) is 0 Å². The van der Waals surface area contributed by atoms with Gasteiger partial charge in [0.15, 0.2) is 5.82 Å². The molecule has 1 amide bonds. The molecule has 10 heteroatoms. The Balaban J connectivity index is 2.00. The summed E-state index contributed by atoms with van der Waals surface area (Å²) in [6, 6.07) is 2.28. The van der Waals surface area contributed by atoms with E-state index in [0.717, 1.165) is 6.07 Å². The lowest BCUT2D eigenvalue weighted by atomic mass is 10.0. The molecular weight excluding hydrogens is 363 g/mol. The van der Waals surface area contributed by atoms with E-state index in [0.29, 0.717) is 26.1 Å². The molecule has 1 fully saturated rings. The number of hydrazine groups is 1. The molecule has 0 bridgehead atoms. The van der Waals surface area contributed by atoms with E-state index in [1.54, 1.807) is 0 Å². The van der Waals surface area contributed by atoms with Gasteiger partial charge in [-0.05, 0) is 36.5 Å². The van der Waals surface area contributed by atoms with E-state index in [1.165, 1.54) is 6.07 Å². The second-order valence-corrected chi connectivity index (χ2v) is 7.66. The molecule has 7 nitrogen and oxygen atoms in total. The molecule has 0 aliphatic carbocycles. The largest absolute Gasteiger partial charge is 0.392 e. The Kier molecular flexibility index (Phi) is 6.53. The minimum absolute atomic E-state index is 0.0583. The van der Waals surface area contributed by atoms with Gasteiger partial charge in [0.1, 0.15) is 0 Å². The van der Waals surface area contributed by atoms with E-state index in [4.69, 9.17) is 21.4 Å². The molecule has 2 rings (SSSR count). The van der Waals surface area contributed by atoms with Crippen LogP contribution in [-0.2, 0) is 21.4 Å². The average Bonchev–Trinajstić information content (AvgIpc) is 2.55. The fourth-order valence-electron chi connectivity index (χ4n) is 2.36. The number of hydrogen-bond donors (Lipinski definition) is 3. The summed E-state index contributed by atoms with van der Waals surface area (Å²) < 4.78 is 43.0. The summed E-state index contributed by atoms with van der Waals surface area (Å²) in [6.07, 6.45) is 1.25. The highest BCUT2D eigenvalue weighted by Gasteiger charge is 2.23. The highest BCUT2D eigenvalue weighted by Crippen LogP contribution is 2.21. The number of carbonyl (C=O) groups excluding carboxylic acids is 1. The fraction of sp³-hybridized carbons (Fsp3) is 0.500. The summed E-state index contributed by atoms with van der Waals surface area (Å²) in [4.78, 5) is 13.9. The van der Waals surface area contributed by atoms with Crippen molar-refractivity contribution in [2.45, 2.75) is 19.4 Å². The zero-order valence-electron chi connectivity index (χ0n) is 12.7. The van der Waals surface area contributed by atoms with Gasteiger partial charge in [-0.2, -0.15) is 0 Å². The van der Waals surface area contributed by atoms with Crippen molar-refractivity contribution in [3.8, 4) is 0 Å². The Morgan fingerprint density at radius 2 is 2.04 bits per heavy atom. The lowest BCUT2D eigenvalue weighted by Crippen LogP contribution is -2.44. The van der Waals surface area contributed by atoms with Crippen molar-refractivity contribution >= 4 is 27.5 Å². The number of halogens is 2. The summed E-state index contributed by atoms with van der Waals surface area (Å²) in [5.41, 5.74) is 1.73. The normalized spacial score (nSPS) is 16.1. The van der Waals surface area contributed by atoms with Crippen molar-refractivity contribution in [2.24, 2.45) is 5.92 Å². The Hall–Kier alpha value is -1.26. The van der Waals surface area contributed by atoms with Crippen LogP contribution in [0.15, 0.2) is 12.1 Å². The van der Waals surface area contributed by atoms with Gasteiger partial charge in [-0.15, -0.1) is 4.83 Å². The van der Waals surface area contributed by atoms with Gasteiger partial charge in [0.2, 0.25) is 10.0 Å². The summed E-state index contributed by atoms with van der Waals surface area (Å²) >= 11 is 5.64. The lowest BCUT2D eigenvalue weighted by molar-refractivity contribution is 0.0722. The second kappa shape index (κ2) is 8.21. The second-order valence-electron chi connectivity index (χ2n) is 5.49. The van der Waals surface area contributed by atoms with Gasteiger partial charge in [-0.25, -0.2) is 12.8 Å². The fourth-order valence-corrected chi connectivity index (χ4v) is 3.89. The number of ether oxygens (including phenoxy) is 1. The van der Waals surface area contributed by atoms with Gasteiger partial charge in [0.25, 0.3) is 5.91 Å². The molecule has 0 radical (unpaired) electrons. The number of carbonyl (C=O) groups is 1. The van der Waals surface area contributed by atoms with Crippen LogP contribution in [0.4, 0.5) is 4.39 Å². The van der Waals surface area contributed by atoms with E-state index < -0.39 is 33.9 Å². The van der Waals surface area contributed by atoms with Crippen LogP contribution < -0.4 is 10.3 Å². The van der Waals surface area contributed by atoms with Crippen molar-refractivity contribution in [1.29, 1.82) is 0 Å². The Morgan fingerprint density at radius 3 is 2.67 bits per heavy atom. The van der Waals surface area contributed by atoms with E-state index in [1.807, 2.05) is 10.3 Å². The molecule has 0 aromatic heterocycles. The maximum atomic E-state index is 13.9. The zero-order chi connectivity index (χ0) is 17.7. The molecule has 0 saturated carbocycles. The highest BCUT2D eigenvalue weighted by molar-refractivity contribution is 7.89. The van der Waals surface area contributed by atoms with Crippen LogP contribution >= 0.6 is 11.6 Å². The standard InChI is InChI=1S/C14H18ClFN2O5S/c15-12-6-10(7-19)5-11(13(12)16)14(20)17-18-24(21,22)8-9-1-3-23-4-2-9/h5-6,9,18-19H,1-4,7-8H2,(H,17,20). The quantitative estimate of drug-likeness (QED) is 0.638. The maximum Gasteiger partial charge on any atom is 0.269 e. The first-order chi connectivity index (χ1) is 11.3. The minimum Gasteiger partial charge on any atom is -0.392 e. The number of hydrogen-bond acceptors (Lipinski definition) is 5. The summed E-state index contributed by atoms with van der Waals surface area (Å²) in [5, 5.41) is 8.73. The lowest BCUT2D eigenvalue weighted by Gasteiger charge is -2.21. The molecule has 1 heterocycles. The maximum absolute atomic E-state index is 13.9. The molecule has 0 spiro atoms. The van der Waals surface area contributed by atoms with Gasteiger partial charge in [-0.3, -0.25) is 10.2 Å². The third-order valence-corrected chi connectivity index (χ3v) is 5.23. The number of aliphatic hydroxyl groups is 1. The molecule has 24 heavy (non-hydrogen) atoms. The first kappa shape index (κ1) is 19.1. The first-order valence-corrected chi connectivity index (χ1v) is 9.32.